The quantitative estimate of drug-likeness (QED) is 0.271. The average Bonchev–Trinajstić information content (AvgIpc) is 3.36. The smallest absolute Gasteiger partial charge is 0.409 e. The fraction of sp³-hybridized carbons (Fsp3) is 0.462. The van der Waals surface area contributed by atoms with Gasteiger partial charge in [0.1, 0.15) is 24.1 Å². The Morgan fingerprint density at radius 2 is 1.80 bits per heavy atom. The Hall–Kier alpha value is -2.87. The number of halogens is 8. The van der Waals surface area contributed by atoms with Crippen molar-refractivity contribution in [2.24, 2.45) is 23.7 Å². The fourth-order valence-electron chi connectivity index (χ4n) is 5.66. The number of carbonyl (C=O) groups excluding carboxylic acids is 2. The van der Waals surface area contributed by atoms with Crippen LogP contribution in [-0.4, -0.2) is 48.5 Å². The van der Waals surface area contributed by atoms with Gasteiger partial charge in [0.15, 0.2) is 0 Å². The first kappa shape index (κ1) is 30.1. The molecule has 0 aromatic heterocycles. The molecule has 2 fully saturated rings. The largest absolute Gasteiger partial charge is 0.490 e. The van der Waals surface area contributed by atoms with Crippen molar-refractivity contribution in [2.75, 3.05) is 13.2 Å². The molecule has 1 aromatic rings. The number of fused-ring (bicyclic) bond motifs is 2. The molecule has 3 aliphatic rings. The monoisotopic (exact) mass is 640 g/mol. The van der Waals surface area contributed by atoms with Crippen LogP contribution in [0.1, 0.15) is 29.6 Å². The summed E-state index contributed by atoms with van der Waals surface area (Å²) in [5.41, 5.74) is -0.315. The number of alkyl halides is 6. The minimum atomic E-state index is -4.91. The second-order valence-electron chi connectivity index (χ2n) is 9.74. The summed E-state index contributed by atoms with van der Waals surface area (Å²) in [4.78, 5) is 26.7. The van der Waals surface area contributed by atoms with Crippen molar-refractivity contribution >= 4 is 27.7 Å². The van der Waals surface area contributed by atoms with E-state index in [1.807, 2.05) is 0 Å². The number of hydrogen-bond acceptors (Lipinski definition) is 4. The third-order valence-corrected chi connectivity index (χ3v) is 7.74. The van der Waals surface area contributed by atoms with Gasteiger partial charge in [0.05, 0.1) is 18.1 Å². The van der Waals surface area contributed by atoms with Crippen molar-refractivity contribution in [2.45, 2.75) is 37.7 Å². The van der Waals surface area contributed by atoms with Crippen LogP contribution in [-0.2, 0) is 4.79 Å². The maximum Gasteiger partial charge on any atom is 0.409 e. The zero-order valence-corrected chi connectivity index (χ0v) is 22.2. The van der Waals surface area contributed by atoms with Crippen molar-refractivity contribution in [1.29, 1.82) is 0 Å². The molecule has 0 spiro atoms. The Morgan fingerprint density at radius 1 is 1.10 bits per heavy atom. The average molecular weight is 641 g/mol. The Morgan fingerprint density at radius 3 is 2.45 bits per heavy atom. The third-order valence-electron chi connectivity index (χ3n) is 7.24. The molecule has 4 rings (SSSR count). The van der Waals surface area contributed by atoms with Gasteiger partial charge in [-0.05, 0) is 49.1 Å². The van der Waals surface area contributed by atoms with Crippen LogP contribution in [0, 0.1) is 23.7 Å². The van der Waals surface area contributed by atoms with Crippen molar-refractivity contribution < 1.29 is 50.2 Å². The first-order chi connectivity index (χ1) is 18.7. The van der Waals surface area contributed by atoms with Crippen molar-refractivity contribution in [3.8, 4) is 5.75 Å². The van der Waals surface area contributed by atoms with Gasteiger partial charge in [0.2, 0.25) is 5.91 Å². The molecule has 0 saturated heterocycles. The van der Waals surface area contributed by atoms with Crippen LogP contribution in [0.4, 0.5) is 30.7 Å². The number of benzene rings is 1. The van der Waals surface area contributed by atoms with E-state index in [1.54, 1.807) is 6.07 Å². The number of ether oxygens (including phenoxy) is 1. The van der Waals surface area contributed by atoms with Crippen LogP contribution in [0.2, 0.25) is 0 Å². The molecule has 1 aromatic carbocycles. The number of nitrogens with one attached hydrogen (secondary N) is 2. The Kier molecular flexibility index (Phi) is 8.69. The number of amides is 2. The van der Waals surface area contributed by atoms with E-state index >= 15 is 0 Å². The molecule has 0 radical (unpaired) electrons. The maximum absolute atomic E-state index is 13.8. The Bertz CT molecular complexity index is 1260. The summed E-state index contributed by atoms with van der Waals surface area (Å²) >= 11 is 3.23. The number of aliphatic hydroxyl groups is 1. The van der Waals surface area contributed by atoms with Crippen molar-refractivity contribution in [3.05, 3.63) is 63.6 Å². The molecule has 0 aliphatic heterocycles. The first-order valence-electron chi connectivity index (χ1n) is 12.3. The number of rotatable bonds is 7. The van der Waals surface area contributed by atoms with Gasteiger partial charge in [-0.25, -0.2) is 4.39 Å². The van der Waals surface area contributed by atoms with Crippen LogP contribution in [0.5, 0.6) is 5.75 Å². The first-order valence-corrected chi connectivity index (χ1v) is 13.1. The molecular weight excluding hydrogens is 617 g/mol. The highest BCUT2D eigenvalue weighted by Gasteiger charge is 2.56. The van der Waals surface area contributed by atoms with Gasteiger partial charge in [0.25, 0.3) is 5.91 Å². The Labute approximate surface area is 232 Å². The van der Waals surface area contributed by atoms with Gasteiger partial charge in [-0.3, -0.25) is 9.59 Å². The van der Waals surface area contributed by atoms with Gasteiger partial charge < -0.3 is 20.5 Å². The van der Waals surface area contributed by atoms with Gasteiger partial charge in [0, 0.05) is 34.6 Å². The summed E-state index contributed by atoms with van der Waals surface area (Å²) in [5.74, 6) is -8.41. The summed E-state index contributed by atoms with van der Waals surface area (Å²) in [5, 5.41) is 14.1. The molecule has 40 heavy (non-hydrogen) atoms. The number of aliphatic hydroxyl groups excluding tert-OH is 1. The van der Waals surface area contributed by atoms with Crippen LogP contribution < -0.4 is 15.4 Å². The lowest BCUT2D eigenvalue weighted by molar-refractivity contribution is -0.168. The zero-order chi connectivity index (χ0) is 29.4. The second kappa shape index (κ2) is 11.6. The van der Waals surface area contributed by atoms with E-state index in [4.69, 9.17) is 9.84 Å². The standard InChI is InChI=1S/C26H24BrF7N2O4/c27-12-1-6-20(40-8-7-37)16(9-12)23(38)36-22-15-4-3-14(17(15)11-25(29,30)31)21(22)24(39)35-13-2-5-19(28)18(10-13)26(32,33)34/h1-2,5-6,9,11,14-15,18,21-22,37H,3-4,7-8,10H2,(H,35,39)(H,36,38)/b17-11-/t14?,15?,18?,21-,22+/m0/s1. The molecule has 3 N–H and O–H groups in total. The topological polar surface area (TPSA) is 87.7 Å². The van der Waals surface area contributed by atoms with E-state index in [9.17, 15) is 40.3 Å². The van der Waals surface area contributed by atoms with Crippen molar-refractivity contribution in [3.63, 3.8) is 0 Å². The summed E-state index contributed by atoms with van der Waals surface area (Å²) in [6.07, 6.45) is -8.34. The van der Waals surface area contributed by atoms with Crippen LogP contribution in [0.25, 0.3) is 0 Å². The molecule has 2 bridgehead atoms. The van der Waals surface area contributed by atoms with Crippen molar-refractivity contribution in [1.82, 2.24) is 10.6 Å². The predicted molar refractivity (Wildman–Crippen MR) is 131 cm³/mol. The van der Waals surface area contributed by atoms with E-state index < -0.39 is 66.1 Å². The van der Waals surface area contributed by atoms with E-state index in [1.165, 1.54) is 12.1 Å². The molecule has 3 aliphatic carbocycles. The number of allylic oxidation sites excluding steroid dienone is 5. The number of hydrogen-bond donors (Lipinski definition) is 3. The van der Waals surface area contributed by atoms with E-state index in [0.29, 0.717) is 10.5 Å². The minimum absolute atomic E-state index is 0.00488. The molecule has 5 atom stereocenters. The lowest BCUT2D eigenvalue weighted by atomic mass is 9.83. The van der Waals surface area contributed by atoms with E-state index in [-0.39, 0.29) is 54.7 Å². The third kappa shape index (κ3) is 6.54. The normalized spacial score (nSPS) is 27.3. The summed E-state index contributed by atoms with van der Waals surface area (Å²) in [7, 11) is 0. The highest BCUT2D eigenvalue weighted by atomic mass is 79.9. The lowest BCUT2D eigenvalue weighted by Gasteiger charge is -2.31. The SMILES string of the molecule is O=C(N[C@@H]1C2CCC(/C2=C/C(F)(F)F)[C@@H]1C(=O)NC1=CC=C(F)C(C(F)(F)F)C1)c1cc(Br)ccc1OCCO. The van der Waals surface area contributed by atoms with Crippen LogP contribution in [0.15, 0.2) is 58.0 Å². The van der Waals surface area contributed by atoms with Gasteiger partial charge in [-0.15, -0.1) is 0 Å². The molecule has 2 amide bonds. The lowest BCUT2D eigenvalue weighted by Crippen LogP contribution is -2.50. The summed E-state index contributed by atoms with van der Waals surface area (Å²) in [6, 6.07) is 3.32. The molecular formula is C26H24BrF7N2O4. The maximum atomic E-state index is 13.8. The molecule has 2 saturated carbocycles. The predicted octanol–water partition coefficient (Wildman–Crippen LogP) is 5.50. The van der Waals surface area contributed by atoms with Crippen LogP contribution in [0.3, 0.4) is 0 Å². The molecule has 3 unspecified atom stereocenters. The highest BCUT2D eigenvalue weighted by Crippen LogP contribution is 2.54. The van der Waals surface area contributed by atoms with E-state index in [0.717, 1.165) is 6.08 Å². The number of carbonyl (C=O) groups is 2. The fourth-order valence-corrected chi connectivity index (χ4v) is 6.02. The van der Waals surface area contributed by atoms with Gasteiger partial charge in [-0.2, -0.15) is 26.3 Å². The highest BCUT2D eigenvalue weighted by molar-refractivity contribution is 9.10. The summed E-state index contributed by atoms with van der Waals surface area (Å²) in [6.45, 7) is -0.482. The zero-order valence-electron chi connectivity index (χ0n) is 20.6. The second-order valence-corrected chi connectivity index (χ2v) is 10.7. The molecule has 14 heteroatoms. The van der Waals surface area contributed by atoms with E-state index in [2.05, 4.69) is 26.6 Å². The summed E-state index contributed by atoms with van der Waals surface area (Å²) < 4.78 is 99.5. The Balaban J connectivity index is 1.63. The minimum Gasteiger partial charge on any atom is -0.490 e. The molecule has 6 nitrogen and oxygen atoms in total. The molecule has 218 valence electrons. The van der Waals surface area contributed by atoms with Crippen LogP contribution >= 0.6 is 15.9 Å². The van der Waals surface area contributed by atoms with Gasteiger partial charge in [-0.1, -0.05) is 21.5 Å². The van der Waals surface area contributed by atoms with Gasteiger partial charge >= 0.3 is 12.4 Å². The molecule has 0 heterocycles.